The lowest BCUT2D eigenvalue weighted by Gasteiger charge is -2.36. The third-order valence-electron chi connectivity index (χ3n) is 6.45. The Hall–Kier alpha value is 3.54. The van der Waals surface area contributed by atoms with Gasteiger partial charge in [-0.2, -0.15) is 27.1 Å². The van der Waals surface area contributed by atoms with Gasteiger partial charge in [0.2, 0.25) is 0 Å². The van der Waals surface area contributed by atoms with E-state index in [0.29, 0.717) is 26.4 Å². The zero-order valence-corrected chi connectivity index (χ0v) is 32.1. The molecule has 4 bridgehead atoms. The second-order valence-corrected chi connectivity index (χ2v) is 31.8. The van der Waals surface area contributed by atoms with E-state index in [-0.39, 0.29) is 10.8 Å². The zero-order chi connectivity index (χ0) is 28.7. The molecule has 24 heteroatoms. The highest BCUT2D eigenvalue weighted by molar-refractivity contribution is 8.17. The van der Waals surface area contributed by atoms with E-state index in [1.165, 1.54) is 0 Å². The highest BCUT2D eigenvalue weighted by Gasteiger charge is 2.43. The van der Waals surface area contributed by atoms with E-state index in [9.17, 15) is 0 Å². The van der Waals surface area contributed by atoms with Gasteiger partial charge in [-0.05, 0) is 116 Å². The predicted molar refractivity (Wildman–Crippen MR) is 173 cm³/mol. The van der Waals surface area contributed by atoms with E-state index in [4.69, 9.17) is 108 Å². The van der Waals surface area contributed by atoms with Gasteiger partial charge in [-0.15, -0.1) is 0 Å². The molecule has 0 aliphatic carbocycles. The predicted octanol–water partition coefficient (Wildman–Crippen LogP) is 15.3. The molecule has 0 amide bonds. The molecule has 0 spiro atoms. The van der Waals surface area contributed by atoms with Crippen LogP contribution in [0, 0.1) is 10.8 Å². The zero-order valence-electron chi connectivity index (χ0n) is 20.7. The Bertz CT molecular complexity index is 1150. The van der Waals surface area contributed by atoms with Crippen molar-refractivity contribution in [1.82, 2.24) is 0 Å². The fourth-order valence-corrected chi connectivity index (χ4v) is 33.1. The Morgan fingerprint density at radius 1 is 0.447 bits per heavy atom. The van der Waals surface area contributed by atoms with Gasteiger partial charge in [-0.1, -0.05) is 27.7 Å². The van der Waals surface area contributed by atoms with Crippen molar-refractivity contribution in [2.75, 3.05) is 26.4 Å². The molecule has 0 radical (unpaired) electrons. The molecule has 0 aromatic heterocycles. The molecule has 4 rings (SSSR count). The Labute approximate surface area is 262 Å². The lowest BCUT2D eigenvalue weighted by molar-refractivity contribution is 0.0798. The molecular formula is C14H28Cl8N6O4P6. The third kappa shape index (κ3) is 9.28. The van der Waals surface area contributed by atoms with Gasteiger partial charge in [0.1, 0.15) is 0 Å². The highest BCUT2D eigenvalue weighted by atomic mass is 35.9. The summed E-state index contributed by atoms with van der Waals surface area (Å²) in [5.41, 5.74) is -0.309. The molecule has 4 aliphatic rings. The number of rotatable bonds is 4. The summed E-state index contributed by atoms with van der Waals surface area (Å²) in [6.07, 6.45) is 3.50. The van der Waals surface area contributed by atoms with Crippen molar-refractivity contribution in [3.8, 4) is 0 Å². The standard InChI is InChI=1S/2C7H14Cl4N3O2P3/c2*1-3-7(4-2)5-15-18(10)12-17(8,9)13-19(11,14-18)16-6-7/h2*3-6H2,1-2H3/t2*18-,19+. The van der Waals surface area contributed by atoms with Crippen molar-refractivity contribution in [3.05, 3.63) is 0 Å². The highest BCUT2D eigenvalue weighted by Crippen LogP contribution is 2.87. The fraction of sp³-hybridized carbons (Fsp3) is 1.00. The van der Waals surface area contributed by atoms with Crippen LogP contribution in [0.5, 0.6) is 0 Å². The minimum absolute atomic E-state index is 0.154. The molecule has 4 aliphatic heterocycles. The van der Waals surface area contributed by atoms with Crippen LogP contribution in [0.4, 0.5) is 0 Å². The summed E-state index contributed by atoms with van der Waals surface area (Å²) in [6.45, 7) is -2.03. The largest absolute Gasteiger partial charge is 0.315 e. The normalized spacial score (nSPS) is 40.1. The maximum absolute atomic E-state index is 6.32. The van der Waals surface area contributed by atoms with E-state index >= 15 is 0 Å². The Balaban J connectivity index is 0.000000211. The van der Waals surface area contributed by atoms with Crippen molar-refractivity contribution in [2.24, 2.45) is 37.9 Å². The van der Waals surface area contributed by atoms with Gasteiger partial charge < -0.3 is 18.1 Å². The van der Waals surface area contributed by atoms with Crippen LogP contribution in [-0.4, -0.2) is 26.4 Å². The molecule has 0 aromatic rings. The fourth-order valence-electron chi connectivity index (χ4n) is 3.39. The van der Waals surface area contributed by atoms with Crippen LogP contribution in [0.2, 0.25) is 0 Å². The number of fused-ring (bicyclic) bond motifs is 2. The molecule has 0 unspecified atom stereocenters. The van der Waals surface area contributed by atoms with Crippen molar-refractivity contribution in [2.45, 2.75) is 53.4 Å². The van der Waals surface area contributed by atoms with Crippen LogP contribution < -0.4 is 0 Å². The quantitative estimate of drug-likeness (QED) is 0.263. The second-order valence-electron chi connectivity index (χ2n) is 8.85. The third-order valence-corrected chi connectivity index (χ3v) is 29.7. The summed E-state index contributed by atoms with van der Waals surface area (Å²) in [5.74, 6) is -5.93. The van der Waals surface area contributed by atoms with Crippen LogP contribution in [-0.2, 0) is 18.1 Å². The Morgan fingerprint density at radius 2 is 0.684 bits per heavy atom. The molecule has 0 fully saturated rings. The summed E-state index contributed by atoms with van der Waals surface area (Å²) in [4.78, 5) is 0. The minimum Gasteiger partial charge on any atom is -0.315 e. The average molecular weight is 814 g/mol. The first kappa shape index (κ1) is 36.0. The minimum atomic E-state index is -2.97. The van der Waals surface area contributed by atoms with E-state index in [0.717, 1.165) is 25.7 Å². The molecule has 0 saturated heterocycles. The van der Waals surface area contributed by atoms with Gasteiger partial charge in [-0.3, -0.25) is 0 Å². The van der Waals surface area contributed by atoms with Gasteiger partial charge in [-0.25, -0.2) is 0 Å². The van der Waals surface area contributed by atoms with Gasteiger partial charge in [0.05, 0.1) is 26.4 Å². The van der Waals surface area contributed by atoms with Crippen molar-refractivity contribution < 1.29 is 18.1 Å². The van der Waals surface area contributed by atoms with Crippen LogP contribution in [0.1, 0.15) is 53.4 Å². The molecule has 38 heavy (non-hydrogen) atoms. The summed E-state index contributed by atoms with van der Waals surface area (Å²) in [5, 5.41) is 0. The van der Waals surface area contributed by atoms with Crippen LogP contribution >= 0.6 is 129 Å². The Kier molecular flexibility index (Phi) is 12.4. The van der Waals surface area contributed by atoms with Crippen LogP contribution in [0.3, 0.4) is 0 Å². The van der Waals surface area contributed by atoms with E-state index in [2.05, 4.69) is 54.8 Å². The topological polar surface area (TPSA) is 111 Å². The number of halogens is 8. The first-order valence-corrected chi connectivity index (χ1v) is 28.4. The molecule has 10 nitrogen and oxygen atoms in total. The van der Waals surface area contributed by atoms with E-state index in [1.807, 2.05) is 0 Å². The number of hydrogen-bond acceptors (Lipinski definition) is 10. The number of nitrogens with zero attached hydrogens (tertiary/aromatic N) is 6. The first-order valence-electron chi connectivity index (χ1n) is 11.3. The summed E-state index contributed by atoms with van der Waals surface area (Å²) in [6, 6.07) is 0. The SMILES string of the molecule is CCC1(CC)CO[P@@]2(Cl)=NP(Cl)(Cl)=N[P@](Cl)(=N2)OC1.CCC1(CC)CO[P@]2(Cl)=N[P@@](Cl)(=NP(Cl)(Cl)=N2)OC1. The molecule has 0 saturated carbocycles. The van der Waals surface area contributed by atoms with Gasteiger partial charge in [0.15, 0.2) is 0 Å². The molecule has 4 heterocycles. The Morgan fingerprint density at radius 3 is 0.921 bits per heavy atom. The number of hydrogen-bond donors (Lipinski definition) is 0. The van der Waals surface area contributed by atoms with Gasteiger partial charge in [0, 0.05) is 10.8 Å². The molecule has 4 atom stereocenters. The van der Waals surface area contributed by atoms with Crippen molar-refractivity contribution >= 4 is 129 Å². The first-order chi connectivity index (χ1) is 17.3. The average Bonchev–Trinajstić information content (AvgIpc) is 2.76. The molecule has 0 aromatic carbocycles. The van der Waals surface area contributed by atoms with Gasteiger partial charge >= 0.3 is 27.1 Å². The van der Waals surface area contributed by atoms with Crippen molar-refractivity contribution in [3.63, 3.8) is 0 Å². The monoisotopic (exact) mass is 810 g/mol. The smallest absolute Gasteiger partial charge is 0.300 e. The van der Waals surface area contributed by atoms with Crippen LogP contribution in [0.15, 0.2) is 27.1 Å². The molecule has 224 valence electrons. The molecular weight excluding hydrogens is 786 g/mol. The van der Waals surface area contributed by atoms with E-state index < -0.39 is 39.0 Å². The summed E-state index contributed by atoms with van der Waals surface area (Å²) >= 11 is 49.4. The lowest BCUT2D eigenvalue weighted by Crippen LogP contribution is -2.30. The van der Waals surface area contributed by atoms with Crippen molar-refractivity contribution in [1.29, 1.82) is 0 Å². The molecule has 0 N–H and O–H groups in total. The summed E-state index contributed by atoms with van der Waals surface area (Å²) < 4.78 is 47.6. The maximum Gasteiger partial charge on any atom is 0.300 e. The van der Waals surface area contributed by atoms with Gasteiger partial charge in [0.25, 0.3) is 11.8 Å². The van der Waals surface area contributed by atoms with Crippen LogP contribution in [0.25, 0.3) is 0 Å². The summed E-state index contributed by atoms with van der Waals surface area (Å²) in [7, 11) is 0. The maximum atomic E-state index is 6.32. The second kappa shape index (κ2) is 13.1. The van der Waals surface area contributed by atoms with E-state index in [1.54, 1.807) is 0 Å². The lowest BCUT2D eigenvalue weighted by atomic mass is 9.84.